The first-order valence-electron chi connectivity index (χ1n) is 7.76. The van der Waals surface area contributed by atoms with Crippen molar-refractivity contribution in [2.24, 2.45) is 5.92 Å². The molecule has 3 unspecified atom stereocenters. The van der Waals surface area contributed by atoms with Crippen LogP contribution in [0, 0.1) is 5.92 Å². The molecule has 0 radical (unpaired) electrons. The van der Waals surface area contributed by atoms with E-state index in [2.05, 4.69) is 20.8 Å². The highest BCUT2D eigenvalue weighted by Gasteiger charge is 2.29. The molecule has 1 aliphatic heterocycles. The molecular formula is C14H22N4O3. The number of rotatable bonds is 4. The number of nitrogens with zero attached hydrogens (tertiary/aromatic N) is 2. The van der Waals surface area contributed by atoms with E-state index in [1.807, 2.05) is 0 Å². The molecule has 1 aromatic heterocycles. The van der Waals surface area contributed by atoms with Gasteiger partial charge in [-0.25, -0.2) is 0 Å². The number of amides is 1. The summed E-state index contributed by atoms with van der Waals surface area (Å²) in [6, 6.07) is 0.0710. The monoisotopic (exact) mass is 294 g/mol. The topological polar surface area (TPSA) is 100 Å². The Morgan fingerprint density at radius 2 is 2.19 bits per heavy atom. The van der Waals surface area contributed by atoms with Crippen molar-refractivity contribution in [1.82, 2.24) is 20.8 Å². The molecular weight excluding hydrogens is 272 g/mol. The van der Waals surface area contributed by atoms with Crippen molar-refractivity contribution in [2.75, 3.05) is 13.2 Å². The molecule has 1 saturated heterocycles. The van der Waals surface area contributed by atoms with Gasteiger partial charge in [-0.05, 0) is 32.2 Å². The Labute approximate surface area is 123 Å². The van der Waals surface area contributed by atoms with Crippen LogP contribution in [0.4, 0.5) is 0 Å². The van der Waals surface area contributed by atoms with E-state index in [9.17, 15) is 9.90 Å². The zero-order chi connectivity index (χ0) is 14.7. The van der Waals surface area contributed by atoms with Gasteiger partial charge < -0.3 is 20.3 Å². The van der Waals surface area contributed by atoms with Crippen LogP contribution in [0.25, 0.3) is 0 Å². The molecule has 2 heterocycles. The van der Waals surface area contributed by atoms with Crippen LogP contribution in [-0.4, -0.2) is 40.3 Å². The Bertz CT molecular complexity index is 484. The Morgan fingerprint density at radius 1 is 1.33 bits per heavy atom. The summed E-state index contributed by atoms with van der Waals surface area (Å²) in [5.74, 6) is 0.389. The smallest absolute Gasteiger partial charge is 0.292 e. The number of nitrogens with one attached hydrogen (secondary N) is 2. The summed E-state index contributed by atoms with van der Waals surface area (Å²) >= 11 is 0. The minimum Gasteiger partial charge on any atom is -0.396 e. The highest BCUT2D eigenvalue weighted by atomic mass is 16.5. The van der Waals surface area contributed by atoms with Crippen molar-refractivity contribution in [3.05, 3.63) is 11.7 Å². The van der Waals surface area contributed by atoms with Gasteiger partial charge in [0.15, 0.2) is 0 Å². The van der Waals surface area contributed by atoms with Gasteiger partial charge in [-0.1, -0.05) is 18.0 Å². The molecule has 2 aliphatic rings. The number of hydrogen-bond acceptors (Lipinski definition) is 6. The maximum atomic E-state index is 12.2. The predicted octanol–water partition coefficient (Wildman–Crippen LogP) is 0.775. The minimum absolute atomic E-state index is 0.00260. The summed E-state index contributed by atoms with van der Waals surface area (Å²) < 4.78 is 5.18. The fourth-order valence-electron chi connectivity index (χ4n) is 3.21. The van der Waals surface area contributed by atoms with E-state index >= 15 is 0 Å². The first-order valence-corrected chi connectivity index (χ1v) is 7.76. The zero-order valence-electron chi connectivity index (χ0n) is 12.0. The van der Waals surface area contributed by atoms with Gasteiger partial charge in [-0.3, -0.25) is 4.79 Å². The van der Waals surface area contributed by atoms with E-state index in [4.69, 9.17) is 4.52 Å². The van der Waals surface area contributed by atoms with Crippen LogP contribution < -0.4 is 10.6 Å². The van der Waals surface area contributed by atoms with Crippen molar-refractivity contribution in [2.45, 2.75) is 50.6 Å². The second kappa shape index (κ2) is 6.53. The number of hydrogen-bond donors (Lipinski definition) is 3. The van der Waals surface area contributed by atoms with Crippen molar-refractivity contribution >= 4 is 5.91 Å². The zero-order valence-corrected chi connectivity index (χ0v) is 12.0. The maximum Gasteiger partial charge on any atom is 0.292 e. The van der Waals surface area contributed by atoms with Crippen molar-refractivity contribution < 1.29 is 14.4 Å². The first-order chi connectivity index (χ1) is 10.3. The molecule has 1 aliphatic carbocycles. The molecule has 1 amide bonds. The molecule has 7 nitrogen and oxygen atoms in total. The molecule has 1 saturated carbocycles. The molecule has 0 spiro atoms. The lowest BCUT2D eigenvalue weighted by molar-refractivity contribution is 0.0859. The van der Waals surface area contributed by atoms with Gasteiger partial charge in [0.25, 0.3) is 11.7 Å². The molecule has 2 fully saturated rings. The highest BCUT2D eigenvalue weighted by Crippen LogP contribution is 2.24. The summed E-state index contributed by atoms with van der Waals surface area (Å²) in [5.41, 5.74) is 0. The summed E-state index contributed by atoms with van der Waals surface area (Å²) in [5, 5.41) is 19.4. The normalized spacial score (nSPS) is 29.5. The van der Waals surface area contributed by atoms with Crippen molar-refractivity contribution in [3.8, 4) is 0 Å². The van der Waals surface area contributed by atoms with E-state index < -0.39 is 0 Å². The lowest BCUT2D eigenvalue weighted by atomic mass is 9.85. The standard InChI is InChI=1S/C14H22N4O3/c19-8-9-4-1-2-5-10(9)16-13(20)12-17-14(21-18-12)11-6-3-7-15-11/h9-11,15,19H,1-8H2,(H,16,20). The van der Waals surface area contributed by atoms with E-state index in [0.717, 1.165) is 45.1 Å². The van der Waals surface area contributed by atoms with Gasteiger partial charge in [0.1, 0.15) is 0 Å². The third-order valence-electron chi connectivity index (χ3n) is 4.46. The molecule has 3 rings (SSSR count). The summed E-state index contributed by atoms with van der Waals surface area (Å²) in [6.07, 6.45) is 6.06. The molecule has 1 aromatic rings. The molecule has 3 atom stereocenters. The number of carbonyl (C=O) groups excluding carboxylic acids is 1. The van der Waals surface area contributed by atoms with Crippen LogP contribution >= 0.6 is 0 Å². The Balaban J connectivity index is 1.62. The highest BCUT2D eigenvalue weighted by molar-refractivity contribution is 5.90. The minimum atomic E-state index is -0.312. The molecule has 0 aromatic carbocycles. The number of aliphatic hydroxyl groups excluding tert-OH is 1. The van der Waals surface area contributed by atoms with Gasteiger partial charge >= 0.3 is 0 Å². The Kier molecular flexibility index (Phi) is 4.50. The Morgan fingerprint density at radius 3 is 2.95 bits per heavy atom. The maximum absolute atomic E-state index is 12.2. The van der Waals surface area contributed by atoms with Gasteiger partial charge in [-0.15, -0.1) is 0 Å². The largest absolute Gasteiger partial charge is 0.396 e. The van der Waals surface area contributed by atoms with E-state index in [-0.39, 0.29) is 36.3 Å². The lowest BCUT2D eigenvalue weighted by Crippen LogP contribution is -2.43. The van der Waals surface area contributed by atoms with Crippen LogP contribution in [0.5, 0.6) is 0 Å². The van der Waals surface area contributed by atoms with Gasteiger partial charge in [0.05, 0.1) is 6.04 Å². The van der Waals surface area contributed by atoms with E-state index in [0.29, 0.717) is 5.89 Å². The molecule has 21 heavy (non-hydrogen) atoms. The van der Waals surface area contributed by atoms with Crippen molar-refractivity contribution in [1.29, 1.82) is 0 Å². The molecule has 3 N–H and O–H groups in total. The molecule has 7 heteroatoms. The third kappa shape index (κ3) is 3.24. The third-order valence-corrected chi connectivity index (χ3v) is 4.46. The summed E-state index contributed by atoms with van der Waals surface area (Å²) in [6.45, 7) is 1.04. The number of aliphatic hydroxyl groups is 1. The van der Waals surface area contributed by atoms with Crippen LogP contribution in [0.3, 0.4) is 0 Å². The van der Waals surface area contributed by atoms with Crippen LogP contribution in [-0.2, 0) is 0 Å². The van der Waals surface area contributed by atoms with E-state index in [1.54, 1.807) is 0 Å². The number of aromatic nitrogens is 2. The summed E-state index contributed by atoms with van der Waals surface area (Å²) in [7, 11) is 0. The second-order valence-corrected chi connectivity index (χ2v) is 5.91. The van der Waals surface area contributed by atoms with Gasteiger partial charge in [0.2, 0.25) is 5.89 Å². The fraction of sp³-hybridized carbons (Fsp3) is 0.786. The van der Waals surface area contributed by atoms with Crippen LogP contribution in [0.15, 0.2) is 4.52 Å². The first kappa shape index (κ1) is 14.5. The Hall–Kier alpha value is -1.47. The fourth-order valence-corrected chi connectivity index (χ4v) is 3.21. The molecule has 116 valence electrons. The van der Waals surface area contributed by atoms with Crippen LogP contribution in [0.1, 0.15) is 61.1 Å². The second-order valence-electron chi connectivity index (χ2n) is 5.91. The molecule has 0 bridgehead atoms. The quantitative estimate of drug-likeness (QED) is 0.758. The average molecular weight is 294 g/mol. The van der Waals surface area contributed by atoms with E-state index in [1.165, 1.54) is 0 Å². The van der Waals surface area contributed by atoms with Gasteiger partial charge in [-0.2, -0.15) is 4.98 Å². The summed E-state index contributed by atoms with van der Waals surface area (Å²) in [4.78, 5) is 16.4. The SMILES string of the molecule is O=C(NC1CCCCC1CO)c1noc(C2CCCN2)n1. The van der Waals surface area contributed by atoms with Crippen molar-refractivity contribution in [3.63, 3.8) is 0 Å². The predicted molar refractivity (Wildman–Crippen MR) is 74.6 cm³/mol. The van der Waals surface area contributed by atoms with Gasteiger partial charge in [0, 0.05) is 18.6 Å². The van der Waals surface area contributed by atoms with Crippen LogP contribution in [0.2, 0.25) is 0 Å². The number of carbonyl (C=O) groups is 1. The average Bonchev–Trinajstić information content (AvgIpc) is 3.18. The lowest BCUT2D eigenvalue weighted by Gasteiger charge is -2.30.